The summed E-state index contributed by atoms with van der Waals surface area (Å²) >= 11 is 7.96. The summed E-state index contributed by atoms with van der Waals surface area (Å²) in [6, 6.07) is 11.7. The van der Waals surface area contributed by atoms with Crippen LogP contribution in [0.3, 0.4) is 0 Å². The Bertz CT molecular complexity index is 1200. The van der Waals surface area contributed by atoms with Gasteiger partial charge in [-0.2, -0.15) is 11.8 Å². The van der Waals surface area contributed by atoms with Crippen LogP contribution >= 0.6 is 23.4 Å². The molecule has 1 amide bonds. The van der Waals surface area contributed by atoms with E-state index in [9.17, 15) is 9.18 Å². The van der Waals surface area contributed by atoms with E-state index >= 15 is 0 Å². The second-order valence-corrected chi connectivity index (χ2v) is 10.6. The number of amidine groups is 1. The molecule has 2 aromatic carbocycles. The van der Waals surface area contributed by atoms with Gasteiger partial charge >= 0.3 is 0 Å². The Kier molecular flexibility index (Phi) is 21.8. The molecular formula is C33H50ClFN6OS. The van der Waals surface area contributed by atoms with E-state index in [4.69, 9.17) is 22.7 Å². The summed E-state index contributed by atoms with van der Waals surface area (Å²) in [4.78, 5) is 17.6. The van der Waals surface area contributed by atoms with E-state index < -0.39 is 5.82 Å². The van der Waals surface area contributed by atoms with Gasteiger partial charge in [0.05, 0.1) is 10.7 Å². The zero-order valence-corrected chi connectivity index (χ0v) is 28.5. The molecule has 5 N–H and O–H groups in total. The van der Waals surface area contributed by atoms with Gasteiger partial charge in [0.25, 0.3) is 0 Å². The van der Waals surface area contributed by atoms with Crippen molar-refractivity contribution in [3.63, 3.8) is 0 Å². The predicted molar refractivity (Wildman–Crippen MR) is 188 cm³/mol. The van der Waals surface area contributed by atoms with E-state index in [1.54, 1.807) is 36.9 Å². The summed E-state index contributed by atoms with van der Waals surface area (Å²) in [6.45, 7) is 11.4. The van der Waals surface area contributed by atoms with Crippen LogP contribution in [0.2, 0.25) is 5.02 Å². The van der Waals surface area contributed by atoms with E-state index in [1.807, 2.05) is 63.6 Å². The first-order chi connectivity index (χ1) is 20.6. The normalized spacial score (nSPS) is 13.1. The summed E-state index contributed by atoms with van der Waals surface area (Å²) in [6.07, 6.45) is 12.0. The number of hydrogen-bond donors (Lipinski definition) is 4. The van der Waals surface area contributed by atoms with Crippen LogP contribution in [0.15, 0.2) is 59.2 Å². The third-order valence-corrected chi connectivity index (χ3v) is 6.01. The molecule has 7 nitrogen and oxygen atoms in total. The summed E-state index contributed by atoms with van der Waals surface area (Å²) in [5.74, 6) is -0.183. The smallest absolute Gasteiger partial charge is 0.212 e. The number of anilines is 1. The fourth-order valence-electron chi connectivity index (χ4n) is 3.85. The van der Waals surface area contributed by atoms with Crippen LogP contribution in [0, 0.1) is 11.2 Å². The second-order valence-electron chi connectivity index (χ2n) is 9.40. The van der Waals surface area contributed by atoms with Gasteiger partial charge in [0.1, 0.15) is 5.84 Å². The average molecular weight is 633 g/mol. The molecule has 2 aromatic rings. The molecule has 0 aromatic heterocycles. The highest BCUT2D eigenvalue weighted by Gasteiger charge is 2.21. The van der Waals surface area contributed by atoms with E-state index in [0.29, 0.717) is 29.1 Å². The van der Waals surface area contributed by atoms with E-state index in [1.165, 1.54) is 11.8 Å². The highest BCUT2D eigenvalue weighted by atomic mass is 35.5. The van der Waals surface area contributed by atoms with Crippen molar-refractivity contribution >= 4 is 53.2 Å². The molecule has 1 atom stereocenters. The van der Waals surface area contributed by atoms with Crippen molar-refractivity contribution in [1.82, 2.24) is 10.6 Å². The van der Waals surface area contributed by atoms with Gasteiger partial charge in [-0.3, -0.25) is 4.79 Å². The maximum atomic E-state index is 15.0. The van der Waals surface area contributed by atoms with Gasteiger partial charge in [0.15, 0.2) is 5.82 Å². The summed E-state index contributed by atoms with van der Waals surface area (Å²) in [7, 11) is 1.91. The maximum absolute atomic E-state index is 15.0. The monoisotopic (exact) mass is 632 g/mol. The number of aryl methyl sites for hydroxylation is 1. The Morgan fingerprint density at radius 2 is 1.79 bits per heavy atom. The fraction of sp³-hybridized carbons (Fsp3) is 0.424. The minimum absolute atomic E-state index is 0.0477. The molecule has 238 valence electrons. The van der Waals surface area contributed by atoms with E-state index in [2.05, 4.69) is 34.7 Å². The number of rotatable bonds is 11. The minimum Gasteiger partial charge on any atom is -0.350 e. The second kappa shape index (κ2) is 23.5. The number of carbonyl (C=O) groups is 1. The summed E-state index contributed by atoms with van der Waals surface area (Å²) < 4.78 is 15.0. The molecule has 10 heteroatoms. The first kappa shape index (κ1) is 40.0. The van der Waals surface area contributed by atoms with Crippen LogP contribution in [-0.4, -0.2) is 50.6 Å². The summed E-state index contributed by atoms with van der Waals surface area (Å²) in [5, 5.41) is 12.1. The van der Waals surface area contributed by atoms with Crippen LogP contribution in [0.4, 0.5) is 10.1 Å². The van der Waals surface area contributed by atoms with Crippen molar-refractivity contribution < 1.29 is 9.18 Å². The number of thioether (sulfide) groups is 1. The van der Waals surface area contributed by atoms with Gasteiger partial charge in [-0.1, -0.05) is 44.5 Å². The zero-order valence-electron chi connectivity index (χ0n) is 26.9. The number of nitrogens with zero attached hydrogens (tertiary/aromatic N) is 2. The van der Waals surface area contributed by atoms with Crippen molar-refractivity contribution in [3.8, 4) is 0 Å². The lowest BCUT2D eigenvalue weighted by molar-refractivity contribution is -0.108. The maximum Gasteiger partial charge on any atom is 0.212 e. The van der Waals surface area contributed by atoms with Gasteiger partial charge < -0.3 is 26.7 Å². The zero-order chi connectivity index (χ0) is 32.8. The molecule has 0 radical (unpaired) electrons. The Morgan fingerprint density at radius 1 is 1.19 bits per heavy atom. The Balaban J connectivity index is 0.00000199. The van der Waals surface area contributed by atoms with Gasteiger partial charge in [-0.15, -0.1) is 0 Å². The highest BCUT2D eigenvalue weighted by molar-refractivity contribution is 7.97. The van der Waals surface area contributed by atoms with Crippen LogP contribution in [0.5, 0.6) is 0 Å². The van der Waals surface area contributed by atoms with Gasteiger partial charge in [-0.05, 0) is 99.8 Å². The molecule has 0 aliphatic carbocycles. The predicted octanol–water partition coefficient (Wildman–Crippen LogP) is 7.44. The molecule has 1 unspecified atom stereocenters. The number of carbonyl (C=O) groups excluding carboxylic acids is 1. The standard InChI is InChI=1S/C27H33ClFN5O.C2H5N.C2H6S.C2H6/c1-4-31-15-19-8-10-22(11-9-19)34(3)16-21-14-25(33-27(21)32-17-35)23-12-20(7-5-6-18(2)30)13-24(28)26(23)29;1-2-3;1-3-2;1-2/h8-14,16-18,31H,4-7,15,30H2,1-3H3,(H,32,33,35);2-3H,1H3;1-2H3;1-2H3/b21-16-;;;. The largest absolute Gasteiger partial charge is 0.350 e. The number of amides is 1. The first-order valence-electron chi connectivity index (χ1n) is 14.5. The van der Waals surface area contributed by atoms with E-state index in [-0.39, 0.29) is 11.1 Å². The topological polar surface area (TPSA) is 107 Å². The van der Waals surface area contributed by atoms with Crippen LogP contribution in [0.1, 0.15) is 64.2 Å². The molecule has 0 fully saturated rings. The van der Waals surface area contributed by atoms with Crippen LogP contribution < -0.4 is 21.3 Å². The quantitative estimate of drug-likeness (QED) is 0.152. The lowest BCUT2D eigenvalue weighted by atomic mass is 10.0. The molecule has 0 spiro atoms. The SMILES string of the molecule is CC.CC=N.CCNCc1ccc(N(C)/C=C2/C=C(c3cc(CCCC(C)N)cc(Cl)c3F)N=C2NC=O)cc1.CSC. The molecule has 0 saturated heterocycles. The molecule has 1 heterocycles. The Labute approximate surface area is 267 Å². The Hall–Kier alpha value is -2.98. The van der Waals surface area contributed by atoms with Crippen molar-refractivity contribution in [2.45, 2.75) is 66.5 Å². The molecule has 1 aliphatic heterocycles. The van der Waals surface area contributed by atoms with Crippen LogP contribution in [-0.2, 0) is 17.8 Å². The number of halogens is 2. The number of aliphatic imine (C=N–C) groups is 1. The van der Waals surface area contributed by atoms with Gasteiger partial charge in [0.2, 0.25) is 6.41 Å². The molecule has 0 bridgehead atoms. The Morgan fingerprint density at radius 3 is 2.33 bits per heavy atom. The molecule has 0 saturated carbocycles. The van der Waals surface area contributed by atoms with Crippen LogP contribution in [0.25, 0.3) is 5.70 Å². The third kappa shape index (κ3) is 14.8. The molecular weight excluding hydrogens is 583 g/mol. The van der Waals surface area contributed by atoms with Gasteiger partial charge in [-0.25, -0.2) is 9.38 Å². The van der Waals surface area contributed by atoms with Crippen molar-refractivity contribution in [1.29, 1.82) is 5.41 Å². The van der Waals surface area contributed by atoms with Crippen molar-refractivity contribution in [3.05, 3.63) is 81.8 Å². The number of nitrogens with two attached hydrogens (primary N) is 1. The summed E-state index contributed by atoms with van der Waals surface area (Å²) in [5.41, 5.74) is 10.3. The number of hydrogen-bond acceptors (Lipinski definition) is 7. The molecule has 1 aliphatic rings. The first-order valence-corrected chi connectivity index (χ1v) is 16.5. The van der Waals surface area contributed by atoms with E-state index in [0.717, 1.165) is 43.6 Å². The number of nitrogens with one attached hydrogen (secondary N) is 3. The lowest BCUT2D eigenvalue weighted by Crippen LogP contribution is -2.23. The van der Waals surface area contributed by atoms with Crippen molar-refractivity contribution in [2.24, 2.45) is 10.7 Å². The molecule has 3 rings (SSSR count). The average Bonchev–Trinajstić information content (AvgIpc) is 3.37. The highest BCUT2D eigenvalue weighted by Crippen LogP contribution is 2.32. The third-order valence-electron chi connectivity index (χ3n) is 5.74. The molecule has 43 heavy (non-hydrogen) atoms. The minimum atomic E-state index is -0.533. The lowest BCUT2D eigenvalue weighted by Gasteiger charge is -2.16. The van der Waals surface area contributed by atoms with Gasteiger partial charge in [0, 0.05) is 42.7 Å². The number of benzene rings is 2. The van der Waals surface area contributed by atoms with Crippen molar-refractivity contribution in [2.75, 3.05) is 31.0 Å². The fourth-order valence-corrected chi connectivity index (χ4v) is 4.09.